The van der Waals surface area contributed by atoms with Crippen molar-refractivity contribution in [3.05, 3.63) is 39.7 Å². The fraction of sp³-hybridized carbons (Fsp3) is 0.500. The van der Waals surface area contributed by atoms with Crippen molar-refractivity contribution >= 4 is 16.6 Å². The molecular formula is C18H24N2O5. The fourth-order valence-corrected chi connectivity index (χ4v) is 3.35. The number of aromatic amines is 1. The van der Waals surface area contributed by atoms with Crippen LogP contribution in [0.2, 0.25) is 0 Å². The summed E-state index contributed by atoms with van der Waals surface area (Å²) in [6.45, 7) is 5.11. The Kier molecular flexibility index (Phi) is 4.83. The van der Waals surface area contributed by atoms with E-state index in [1.807, 2.05) is 19.1 Å². The van der Waals surface area contributed by atoms with E-state index in [0.29, 0.717) is 16.8 Å². The summed E-state index contributed by atoms with van der Waals surface area (Å²) < 4.78 is 5.56. The Morgan fingerprint density at radius 3 is 2.60 bits per heavy atom. The van der Waals surface area contributed by atoms with Crippen LogP contribution in [-0.4, -0.2) is 57.4 Å². The smallest absolute Gasteiger partial charge is 0.251 e. The van der Waals surface area contributed by atoms with Crippen LogP contribution in [0.3, 0.4) is 0 Å². The number of aromatic nitrogens is 1. The number of H-pyrrole nitrogens is 1. The molecule has 1 aliphatic heterocycles. The molecule has 7 heteroatoms. The second-order valence-electron chi connectivity index (χ2n) is 6.68. The first-order valence-corrected chi connectivity index (χ1v) is 8.35. The van der Waals surface area contributed by atoms with E-state index in [1.165, 1.54) is 0 Å². The lowest BCUT2D eigenvalue weighted by Crippen LogP contribution is -2.60. The monoisotopic (exact) mass is 348 g/mol. The van der Waals surface area contributed by atoms with Crippen LogP contribution < -0.4 is 10.9 Å². The largest absolute Gasteiger partial charge is 0.394 e. The molecule has 0 aliphatic carbocycles. The number of anilines is 1. The van der Waals surface area contributed by atoms with Crippen molar-refractivity contribution in [2.45, 2.75) is 51.2 Å². The molecular weight excluding hydrogens is 324 g/mol. The molecule has 1 saturated heterocycles. The summed E-state index contributed by atoms with van der Waals surface area (Å²) in [4.78, 5) is 14.8. The number of aryl methyl sites for hydroxylation is 1. The van der Waals surface area contributed by atoms with Crippen molar-refractivity contribution in [1.82, 2.24) is 4.98 Å². The fourth-order valence-electron chi connectivity index (χ4n) is 3.35. The third-order valence-electron chi connectivity index (χ3n) is 5.08. The van der Waals surface area contributed by atoms with Gasteiger partial charge in [-0.3, -0.25) is 4.79 Å². The maximum atomic E-state index is 12.0. The Balaban J connectivity index is 1.90. The summed E-state index contributed by atoms with van der Waals surface area (Å²) in [6.07, 6.45) is -3.48. The molecule has 25 heavy (non-hydrogen) atoms. The van der Waals surface area contributed by atoms with Crippen LogP contribution >= 0.6 is 0 Å². The topological polar surface area (TPSA) is 115 Å². The van der Waals surface area contributed by atoms with Gasteiger partial charge in [-0.25, -0.2) is 0 Å². The number of ether oxygens (including phenoxy) is 1. The molecule has 5 N–H and O–H groups in total. The van der Waals surface area contributed by atoms with E-state index in [-0.39, 0.29) is 12.2 Å². The lowest BCUT2D eigenvalue weighted by Gasteiger charge is -2.41. The number of fused-ring (bicyclic) bond motifs is 1. The van der Waals surface area contributed by atoms with Crippen molar-refractivity contribution < 1.29 is 20.1 Å². The normalized spacial score (nSPS) is 29.8. The molecule has 0 amide bonds. The SMILES string of the molecule is Cc1c(C)c2ccc(NC3C(C)OC(CO)C(O)C3O)cc2[nH]c1=O. The molecule has 0 spiro atoms. The number of nitrogens with one attached hydrogen (secondary N) is 2. The van der Waals surface area contributed by atoms with E-state index >= 15 is 0 Å². The zero-order valence-corrected chi connectivity index (χ0v) is 14.5. The van der Waals surface area contributed by atoms with E-state index in [0.717, 1.165) is 10.9 Å². The Labute approximate surface area is 145 Å². The summed E-state index contributed by atoms with van der Waals surface area (Å²) in [6, 6.07) is 5.02. The molecule has 5 unspecified atom stereocenters. The lowest BCUT2D eigenvalue weighted by molar-refractivity contribution is -0.180. The maximum Gasteiger partial charge on any atom is 0.251 e. The number of hydrogen-bond donors (Lipinski definition) is 5. The molecule has 1 fully saturated rings. The first-order valence-electron chi connectivity index (χ1n) is 8.35. The van der Waals surface area contributed by atoms with Gasteiger partial charge in [-0.15, -0.1) is 0 Å². The second kappa shape index (κ2) is 6.76. The van der Waals surface area contributed by atoms with Crippen LogP contribution in [0.15, 0.2) is 23.0 Å². The zero-order chi connectivity index (χ0) is 18.3. The zero-order valence-electron chi connectivity index (χ0n) is 14.5. The van der Waals surface area contributed by atoms with E-state index in [9.17, 15) is 20.1 Å². The van der Waals surface area contributed by atoms with Gasteiger partial charge in [-0.1, -0.05) is 6.07 Å². The quantitative estimate of drug-likeness (QED) is 0.549. The summed E-state index contributed by atoms with van der Waals surface area (Å²) in [5.41, 5.74) is 2.89. The molecule has 0 bridgehead atoms. The van der Waals surface area contributed by atoms with Gasteiger partial charge >= 0.3 is 0 Å². The van der Waals surface area contributed by atoms with Gasteiger partial charge in [0.05, 0.1) is 24.3 Å². The van der Waals surface area contributed by atoms with Crippen LogP contribution in [0.1, 0.15) is 18.1 Å². The van der Waals surface area contributed by atoms with Crippen LogP contribution in [0.4, 0.5) is 5.69 Å². The van der Waals surface area contributed by atoms with Gasteiger partial charge in [0, 0.05) is 16.6 Å². The Hall–Kier alpha value is -1.93. The Morgan fingerprint density at radius 1 is 1.20 bits per heavy atom. The van der Waals surface area contributed by atoms with Gasteiger partial charge in [0.2, 0.25) is 0 Å². The third-order valence-corrected chi connectivity index (χ3v) is 5.08. The van der Waals surface area contributed by atoms with Gasteiger partial charge in [-0.2, -0.15) is 0 Å². The van der Waals surface area contributed by atoms with Crippen LogP contribution in [0.25, 0.3) is 10.9 Å². The van der Waals surface area contributed by atoms with Crippen molar-refractivity contribution in [2.24, 2.45) is 0 Å². The molecule has 3 rings (SSSR count). The average molecular weight is 348 g/mol. The van der Waals surface area contributed by atoms with Crippen LogP contribution in [-0.2, 0) is 4.74 Å². The van der Waals surface area contributed by atoms with Crippen molar-refractivity contribution in [1.29, 1.82) is 0 Å². The molecule has 136 valence electrons. The molecule has 1 aromatic heterocycles. The minimum Gasteiger partial charge on any atom is -0.394 e. The Bertz CT molecular complexity index is 834. The minimum absolute atomic E-state index is 0.127. The highest BCUT2D eigenvalue weighted by molar-refractivity contribution is 5.85. The maximum absolute atomic E-state index is 12.0. The molecule has 1 aromatic carbocycles. The summed E-state index contributed by atoms with van der Waals surface area (Å²) in [7, 11) is 0. The average Bonchev–Trinajstić information content (AvgIpc) is 2.59. The Morgan fingerprint density at radius 2 is 1.92 bits per heavy atom. The number of hydrogen-bond acceptors (Lipinski definition) is 6. The van der Waals surface area contributed by atoms with Crippen LogP contribution in [0.5, 0.6) is 0 Å². The summed E-state index contributed by atoms with van der Waals surface area (Å²) >= 11 is 0. The lowest BCUT2D eigenvalue weighted by atomic mass is 9.93. The number of aliphatic hydroxyl groups is 3. The second-order valence-corrected chi connectivity index (χ2v) is 6.68. The highest BCUT2D eigenvalue weighted by atomic mass is 16.5. The molecule has 2 aromatic rings. The molecule has 1 aliphatic rings. The number of aliphatic hydroxyl groups excluding tert-OH is 3. The van der Waals surface area contributed by atoms with Gasteiger partial charge in [0.25, 0.3) is 5.56 Å². The van der Waals surface area contributed by atoms with Crippen molar-refractivity contribution in [2.75, 3.05) is 11.9 Å². The highest BCUT2D eigenvalue weighted by Gasteiger charge is 2.42. The van der Waals surface area contributed by atoms with Gasteiger partial charge in [0.1, 0.15) is 18.3 Å². The molecule has 0 saturated carbocycles. The van der Waals surface area contributed by atoms with E-state index in [4.69, 9.17) is 4.74 Å². The van der Waals surface area contributed by atoms with Crippen LogP contribution in [0, 0.1) is 13.8 Å². The molecule has 5 atom stereocenters. The third kappa shape index (κ3) is 3.16. The molecule has 7 nitrogen and oxygen atoms in total. The first-order chi connectivity index (χ1) is 11.8. The van der Waals surface area contributed by atoms with E-state index in [1.54, 1.807) is 19.9 Å². The predicted octanol–water partition coefficient (Wildman–Crippen LogP) is 0.427. The van der Waals surface area contributed by atoms with Crippen molar-refractivity contribution in [3.63, 3.8) is 0 Å². The standard InChI is InChI=1S/C18H24N2O5/c1-8-9(2)18(24)20-13-6-11(4-5-12(8)13)19-15-10(3)25-14(7-21)16(22)17(15)23/h4-6,10,14-17,19,21-23H,7H2,1-3H3,(H,20,24). The van der Waals surface area contributed by atoms with Gasteiger partial charge in [0.15, 0.2) is 0 Å². The van der Waals surface area contributed by atoms with Gasteiger partial charge in [-0.05, 0) is 38.5 Å². The first kappa shape index (κ1) is 17.9. The summed E-state index contributed by atoms with van der Waals surface area (Å²) in [5, 5.41) is 33.7. The molecule has 2 heterocycles. The van der Waals surface area contributed by atoms with E-state index < -0.39 is 30.5 Å². The molecule has 0 radical (unpaired) electrons. The number of benzene rings is 1. The van der Waals surface area contributed by atoms with E-state index in [2.05, 4.69) is 10.3 Å². The van der Waals surface area contributed by atoms with Gasteiger partial charge < -0.3 is 30.4 Å². The van der Waals surface area contributed by atoms with Crippen molar-refractivity contribution in [3.8, 4) is 0 Å². The minimum atomic E-state index is -1.18. The number of pyridine rings is 1. The highest BCUT2D eigenvalue weighted by Crippen LogP contribution is 2.26. The number of rotatable bonds is 3. The predicted molar refractivity (Wildman–Crippen MR) is 94.9 cm³/mol. The summed E-state index contributed by atoms with van der Waals surface area (Å²) in [5.74, 6) is 0.